The molecule has 0 radical (unpaired) electrons. The van der Waals surface area contributed by atoms with Crippen LogP contribution in [0.15, 0.2) is 54.6 Å². The van der Waals surface area contributed by atoms with Gasteiger partial charge in [-0.3, -0.25) is 0 Å². The molecule has 4 nitrogen and oxygen atoms in total. The third-order valence-electron chi connectivity index (χ3n) is 4.82. The number of nitrogens with zero attached hydrogens (tertiary/aromatic N) is 1. The van der Waals surface area contributed by atoms with Crippen molar-refractivity contribution in [3.63, 3.8) is 0 Å². The fourth-order valence-electron chi connectivity index (χ4n) is 3.44. The maximum Gasteiger partial charge on any atom is 0.123 e. The number of aliphatic hydroxyl groups is 1. The summed E-state index contributed by atoms with van der Waals surface area (Å²) in [6, 6.07) is 18.2. The van der Waals surface area contributed by atoms with Gasteiger partial charge in [-0.25, -0.2) is 4.98 Å². The van der Waals surface area contributed by atoms with Crippen LogP contribution in [0.5, 0.6) is 5.75 Å². The Morgan fingerprint density at radius 1 is 0.963 bits per heavy atom. The van der Waals surface area contributed by atoms with Gasteiger partial charge in [0.15, 0.2) is 0 Å². The minimum absolute atomic E-state index is 0.0166. The number of methoxy groups -OCH3 is 1. The molecule has 2 N–H and O–H groups in total. The number of benzene rings is 3. The number of pyridine rings is 1. The fourth-order valence-corrected chi connectivity index (χ4v) is 3.44. The smallest absolute Gasteiger partial charge is 0.123 e. The topological polar surface area (TPSA) is 54.4 Å². The van der Waals surface area contributed by atoms with E-state index in [0.29, 0.717) is 0 Å². The summed E-state index contributed by atoms with van der Waals surface area (Å²) >= 11 is 0. The lowest BCUT2D eigenvalue weighted by atomic mass is 10.0. The Bertz CT molecular complexity index is 1150. The summed E-state index contributed by atoms with van der Waals surface area (Å²) in [5.74, 6) is 0.828. The van der Waals surface area contributed by atoms with Crippen molar-refractivity contribution < 1.29 is 9.84 Å². The molecule has 1 heterocycles. The molecule has 0 amide bonds. The summed E-state index contributed by atoms with van der Waals surface area (Å²) in [6.07, 6.45) is 0. The quantitative estimate of drug-likeness (QED) is 0.489. The number of ether oxygens (including phenoxy) is 1. The van der Waals surface area contributed by atoms with Gasteiger partial charge in [0.1, 0.15) is 5.75 Å². The zero-order chi connectivity index (χ0) is 19.0. The van der Waals surface area contributed by atoms with Crippen LogP contribution in [0.25, 0.3) is 21.8 Å². The first-order valence-electron chi connectivity index (χ1n) is 8.94. The van der Waals surface area contributed by atoms with E-state index in [1.807, 2.05) is 43.3 Å². The first-order valence-corrected chi connectivity index (χ1v) is 8.94. The van der Waals surface area contributed by atoms with Gasteiger partial charge in [0.25, 0.3) is 0 Å². The van der Waals surface area contributed by atoms with Crippen LogP contribution in [0, 0.1) is 13.8 Å². The zero-order valence-corrected chi connectivity index (χ0v) is 15.7. The number of rotatable bonds is 4. The number of fused-ring (bicyclic) bond motifs is 2. The molecule has 4 heteroatoms. The molecular formula is C23H22N2O2. The summed E-state index contributed by atoms with van der Waals surface area (Å²) < 4.78 is 5.48. The highest BCUT2D eigenvalue weighted by Gasteiger charge is 2.13. The van der Waals surface area contributed by atoms with E-state index in [0.717, 1.165) is 50.1 Å². The summed E-state index contributed by atoms with van der Waals surface area (Å²) in [5.41, 5.74) is 6.88. The Morgan fingerprint density at radius 2 is 1.78 bits per heavy atom. The van der Waals surface area contributed by atoms with Crippen LogP contribution in [-0.2, 0) is 6.61 Å². The van der Waals surface area contributed by atoms with E-state index in [-0.39, 0.29) is 6.61 Å². The van der Waals surface area contributed by atoms with Crippen molar-refractivity contribution in [2.24, 2.45) is 0 Å². The molecule has 3 aromatic carbocycles. The van der Waals surface area contributed by atoms with Crippen molar-refractivity contribution in [1.29, 1.82) is 0 Å². The molecule has 0 aliphatic rings. The molecule has 0 atom stereocenters. The molecule has 0 bridgehead atoms. The highest BCUT2D eigenvalue weighted by atomic mass is 16.5. The van der Waals surface area contributed by atoms with Gasteiger partial charge in [-0.15, -0.1) is 0 Å². The molecule has 0 fully saturated rings. The predicted octanol–water partition coefficient (Wildman–Crippen LogP) is 5.25. The van der Waals surface area contributed by atoms with Crippen LogP contribution < -0.4 is 10.1 Å². The Labute approximate surface area is 158 Å². The van der Waals surface area contributed by atoms with Crippen LogP contribution in [0.2, 0.25) is 0 Å². The van der Waals surface area contributed by atoms with Gasteiger partial charge in [0, 0.05) is 22.5 Å². The van der Waals surface area contributed by atoms with E-state index in [2.05, 4.69) is 30.4 Å². The predicted molar refractivity (Wildman–Crippen MR) is 111 cm³/mol. The van der Waals surface area contributed by atoms with Crippen LogP contribution in [-0.4, -0.2) is 17.2 Å². The van der Waals surface area contributed by atoms with Gasteiger partial charge in [-0.05, 0) is 55.3 Å². The molecule has 4 rings (SSSR count). The Balaban J connectivity index is 2.00. The standard InChI is InChI=1S/C23H22N2O2/c1-14-7-8-20-18(9-14)23(24-17-6-4-5-16(11-17)13-26)19-10-15(2)22(27-3)12-21(19)25-20/h4-12,26H,13H2,1-3H3,(H,24,25). The fraction of sp³-hybridized carbons (Fsp3) is 0.174. The molecule has 0 aliphatic heterocycles. The zero-order valence-electron chi connectivity index (χ0n) is 15.7. The third kappa shape index (κ3) is 3.20. The SMILES string of the molecule is COc1cc2nc3ccc(C)cc3c(Nc3cccc(CO)c3)c2cc1C. The van der Waals surface area contributed by atoms with Crippen molar-refractivity contribution >= 4 is 33.2 Å². The Kier molecular flexibility index (Phi) is 4.42. The van der Waals surface area contributed by atoms with E-state index in [4.69, 9.17) is 9.72 Å². The molecule has 0 spiro atoms. The molecule has 0 unspecified atom stereocenters. The van der Waals surface area contributed by atoms with Gasteiger partial charge >= 0.3 is 0 Å². The molecular weight excluding hydrogens is 336 g/mol. The van der Waals surface area contributed by atoms with Crippen molar-refractivity contribution in [2.75, 3.05) is 12.4 Å². The van der Waals surface area contributed by atoms with E-state index >= 15 is 0 Å². The number of anilines is 2. The Hall–Kier alpha value is -3.11. The number of aryl methyl sites for hydroxylation is 2. The van der Waals surface area contributed by atoms with E-state index in [1.54, 1.807) is 7.11 Å². The van der Waals surface area contributed by atoms with Crippen LogP contribution in [0.4, 0.5) is 11.4 Å². The van der Waals surface area contributed by atoms with Gasteiger partial charge < -0.3 is 15.2 Å². The first-order chi connectivity index (χ1) is 13.1. The summed E-state index contributed by atoms with van der Waals surface area (Å²) in [5, 5.41) is 15.1. The first kappa shape index (κ1) is 17.3. The maximum absolute atomic E-state index is 9.45. The van der Waals surface area contributed by atoms with Gasteiger partial charge in [-0.1, -0.05) is 23.8 Å². The molecule has 1 aromatic heterocycles. The molecule has 27 heavy (non-hydrogen) atoms. The number of hydrogen-bond acceptors (Lipinski definition) is 4. The molecule has 0 saturated heterocycles. The van der Waals surface area contributed by atoms with Crippen molar-refractivity contribution in [3.05, 3.63) is 71.3 Å². The van der Waals surface area contributed by atoms with Crippen molar-refractivity contribution in [3.8, 4) is 5.75 Å². The number of nitrogens with one attached hydrogen (secondary N) is 1. The average Bonchev–Trinajstić information content (AvgIpc) is 2.68. The lowest BCUT2D eigenvalue weighted by Gasteiger charge is -2.16. The number of aromatic nitrogens is 1. The van der Waals surface area contributed by atoms with E-state index in [1.165, 1.54) is 5.56 Å². The van der Waals surface area contributed by atoms with Crippen LogP contribution in [0.3, 0.4) is 0 Å². The second-order valence-corrected chi connectivity index (χ2v) is 6.83. The highest BCUT2D eigenvalue weighted by molar-refractivity contribution is 6.09. The number of aliphatic hydroxyl groups excluding tert-OH is 1. The summed E-state index contributed by atoms with van der Waals surface area (Å²) in [4.78, 5) is 4.84. The van der Waals surface area contributed by atoms with Gasteiger partial charge in [0.2, 0.25) is 0 Å². The molecule has 0 saturated carbocycles. The monoisotopic (exact) mass is 358 g/mol. The number of hydrogen-bond donors (Lipinski definition) is 2. The lowest BCUT2D eigenvalue weighted by molar-refractivity contribution is 0.282. The maximum atomic E-state index is 9.45. The van der Waals surface area contributed by atoms with Crippen LogP contribution >= 0.6 is 0 Å². The minimum atomic E-state index is 0.0166. The normalized spacial score (nSPS) is 11.1. The Morgan fingerprint density at radius 3 is 2.56 bits per heavy atom. The second kappa shape index (κ2) is 6.89. The molecule has 4 aromatic rings. The van der Waals surface area contributed by atoms with E-state index in [9.17, 15) is 5.11 Å². The molecule has 136 valence electrons. The summed E-state index contributed by atoms with van der Waals surface area (Å²) in [7, 11) is 1.68. The summed E-state index contributed by atoms with van der Waals surface area (Å²) in [6.45, 7) is 4.14. The third-order valence-corrected chi connectivity index (χ3v) is 4.82. The molecule has 0 aliphatic carbocycles. The largest absolute Gasteiger partial charge is 0.496 e. The van der Waals surface area contributed by atoms with E-state index < -0.39 is 0 Å². The van der Waals surface area contributed by atoms with Crippen molar-refractivity contribution in [1.82, 2.24) is 4.98 Å². The second-order valence-electron chi connectivity index (χ2n) is 6.83. The van der Waals surface area contributed by atoms with Gasteiger partial charge in [-0.2, -0.15) is 0 Å². The average molecular weight is 358 g/mol. The van der Waals surface area contributed by atoms with Crippen LogP contribution in [0.1, 0.15) is 16.7 Å². The minimum Gasteiger partial charge on any atom is -0.496 e. The highest BCUT2D eigenvalue weighted by Crippen LogP contribution is 2.36. The lowest BCUT2D eigenvalue weighted by Crippen LogP contribution is -1.98. The van der Waals surface area contributed by atoms with Gasteiger partial charge in [0.05, 0.1) is 30.4 Å². The van der Waals surface area contributed by atoms with Crippen molar-refractivity contribution in [2.45, 2.75) is 20.5 Å².